The second kappa shape index (κ2) is 53.8. The number of unbranched alkanes of at least 4 members (excludes halogenated alkanes) is 40. The molecule has 6 nitrogen and oxygen atoms in total. The van der Waals surface area contributed by atoms with Crippen molar-refractivity contribution in [3.63, 3.8) is 0 Å². The maximum Gasteiger partial charge on any atom is 0.306 e. The first-order chi connectivity index (χ1) is 32.7. The van der Waals surface area contributed by atoms with Crippen LogP contribution in [0.25, 0.3) is 0 Å². The summed E-state index contributed by atoms with van der Waals surface area (Å²) in [4.78, 5) is 38.2. The van der Waals surface area contributed by atoms with Gasteiger partial charge in [-0.15, -0.1) is 0 Å². The molecule has 0 aliphatic heterocycles. The van der Waals surface area contributed by atoms with Crippen LogP contribution in [0.5, 0.6) is 0 Å². The first-order valence-corrected chi connectivity index (χ1v) is 30.2. The van der Waals surface area contributed by atoms with Crippen LogP contribution in [0.15, 0.2) is 0 Å². The summed E-state index contributed by atoms with van der Waals surface area (Å²) < 4.78 is 16.9. The zero-order valence-corrected chi connectivity index (χ0v) is 46.0. The third kappa shape index (κ3) is 55.2. The minimum absolute atomic E-state index is 0.0625. The van der Waals surface area contributed by atoms with Crippen molar-refractivity contribution < 1.29 is 28.6 Å². The predicted molar refractivity (Wildman–Crippen MR) is 289 cm³/mol. The van der Waals surface area contributed by atoms with Crippen molar-refractivity contribution in [2.75, 3.05) is 13.2 Å². The molecule has 0 fully saturated rings. The van der Waals surface area contributed by atoms with E-state index in [0.717, 1.165) is 69.6 Å². The molecule has 0 aromatic rings. The molecule has 0 saturated heterocycles. The molecule has 0 unspecified atom stereocenters. The maximum atomic E-state index is 12.9. The van der Waals surface area contributed by atoms with Crippen molar-refractivity contribution in [3.8, 4) is 0 Å². The van der Waals surface area contributed by atoms with E-state index in [2.05, 4.69) is 34.6 Å². The molecule has 0 aromatic heterocycles. The Morgan fingerprint density at radius 2 is 0.493 bits per heavy atom. The summed E-state index contributed by atoms with van der Waals surface area (Å²) in [5.74, 6) is 0.825. The second-order valence-corrected chi connectivity index (χ2v) is 21.9. The monoisotopic (exact) mass is 947 g/mol. The lowest BCUT2D eigenvalue weighted by atomic mass is 10.0. The Morgan fingerprint density at radius 1 is 0.284 bits per heavy atom. The largest absolute Gasteiger partial charge is 0.462 e. The fourth-order valence-corrected chi connectivity index (χ4v) is 9.40. The van der Waals surface area contributed by atoms with Gasteiger partial charge in [-0.25, -0.2) is 0 Å². The number of rotatable bonds is 55. The molecule has 0 radical (unpaired) electrons. The van der Waals surface area contributed by atoms with Crippen molar-refractivity contribution in [1.29, 1.82) is 0 Å². The van der Waals surface area contributed by atoms with Crippen LogP contribution in [0.4, 0.5) is 0 Å². The Kier molecular flexibility index (Phi) is 52.5. The van der Waals surface area contributed by atoms with Gasteiger partial charge in [-0.05, 0) is 31.1 Å². The fraction of sp³-hybridized carbons (Fsp3) is 0.951. The summed E-state index contributed by atoms with van der Waals surface area (Å²) in [6, 6.07) is 0. The van der Waals surface area contributed by atoms with Gasteiger partial charge >= 0.3 is 17.9 Å². The van der Waals surface area contributed by atoms with Crippen LogP contribution in [0.1, 0.15) is 343 Å². The molecule has 0 rings (SSSR count). The SMILES string of the molecule is CCCCCCCCCCCCCCCCCCCCCC(=O)OC[C@H](COC(=O)CCCCCCCCCCCCC(C)C)OC(=O)CCCCCCCCCCCCCCCCC(C)C. The van der Waals surface area contributed by atoms with E-state index >= 15 is 0 Å². The Balaban J connectivity index is 4.27. The highest BCUT2D eigenvalue weighted by atomic mass is 16.6. The van der Waals surface area contributed by atoms with Gasteiger partial charge in [0.2, 0.25) is 0 Å². The molecule has 0 aromatic carbocycles. The van der Waals surface area contributed by atoms with Crippen LogP contribution >= 0.6 is 0 Å². The van der Waals surface area contributed by atoms with Gasteiger partial charge in [-0.3, -0.25) is 14.4 Å². The van der Waals surface area contributed by atoms with E-state index in [1.54, 1.807) is 0 Å². The summed E-state index contributed by atoms with van der Waals surface area (Å²) in [6.07, 6.45) is 58.1. The van der Waals surface area contributed by atoms with Gasteiger partial charge in [0.15, 0.2) is 6.10 Å². The number of hydrogen-bond donors (Lipinski definition) is 0. The molecule has 0 heterocycles. The topological polar surface area (TPSA) is 78.9 Å². The van der Waals surface area contributed by atoms with Gasteiger partial charge in [-0.1, -0.05) is 304 Å². The van der Waals surface area contributed by atoms with E-state index in [0.29, 0.717) is 19.3 Å². The van der Waals surface area contributed by atoms with Crippen LogP contribution in [-0.4, -0.2) is 37.2 Å². The Hall–Kier alpha value is -1.59. The molecule has 0 aliphatic rings. The van der Waals surface area contributed by atoms with Crippen LogP contribution in [0.3, 0.4) is 0 Å². The van der Waals surface area contributed by atoms with E-state index < -0.39 is 6.10 Å². The maximum absolute atomic E-state index is 12.9. The Labute approximate surface area is 418 Å². The van der Waals surface area contributed by atoms with Gasteiger partial charge < -0.3 is 14.2 Å². The summed E-state index contributed by atoms with van der Waals surface area (Å²) >= 11 is 0. The Morgan fingerprint density at radius 3 is 0.731 bits per heavy atom. The van der Waals surface area contributed by atoms with Crippen molar-refractivity contribution >= 4 is 17.9 Å². The van der Waals surface area contributed by atoms with Crippen LogP contribution in [0.2, 0.25) is 0 Å². The van der Waals surface area contributed by atoms with E-state index in [1.165, 1.54) is 231 Å². The molecule has 0 spiro atoms. The van der Waals surface area contributed by atoms with E-state index in [-0.39, 0.29) is 31.1 Å². The molecule has 0 amide bonds. The van der Waals surface area contributed by atoms with Crippen LogP contribution in [0, 0.1) is 11.8 Å². The second-order valence-electron chi connectivity index (χ2n) is 21.9. The molecule has 0 aliphatic carbocycles. The van der Waals surface area contributed by atoms with Gasteiger partial charge in [0.1, 0.15) is 13.2 Å². The highest BCUT2D eigenvalue weighted by Crippen LogP contribution is 2.18. The molecule has 0 bridgehead atoms. The summed E-state index contributed by atoms with van der Waals surface area (Å²) in [5.41, 5.74) is 0. The number of carbonyl (C=O) groups is 3. The average molecular weight is 948 g/mol. The molecule has 67 heavy (non-hydrogen) atoms. The molecule has 6 heteroatoms. The van der Waals surface area contributed by atoms with Crippen molar-refractivity contribution in [2.24, 2.45) is 11.8 Å². The van der Waals surface area contributed by atoms with E-state index in [4.69, 9.17) is 14.2 Å². The molecule has 1 atom stereocenters. The number of hydrogen-bond acceptors (Lipinski definition) is 6. The Bertz CT molecular complexity index is 1020. The predicted octanol–water partition coefficient (Wildman–Crippen LogP) is 20.0. The number of esters is 3. The van der Waals surface area contributed by atoms with Crippen molar-refractivity contribution in [2.45, 2.75) is 349 Å². The molecule has 398 valence electrons. The lowest BCUT2D eigenvalue weighted by Gasteiger charge is -2.18. The smallest absolute Gasteiger partial charge is 0.306 e. The van der Waals surface area contributed by atoms with Gasteiger partial charge in [0.05, 0.1) is 0 Å². The van der Waals surface area contributed by atoms with Crippen LogP contribution < -0.4 is 0 Å². The summed E-state index contributed by atoms with van der Waals surface area (Å²) in [5, 5.41) is 0. The minimum atomic E-state index is -0.763. The highest BCUT2D eigenvalue weighted by molar-refractivity contribution is 5.71. The van der Waals surface area contributed by atoms with E-state index in [9.17, 15) is 14.4 Å². The minimum Gasteiger partial charge on any atom is -0.462 e. The quantitative estimate of drug-likeness (QED) is 0.0343. The van der Waals surface area contributed by atoms with Gasteiger partial charge in [0, 0.05) is 19.3 Å². The van der Waals surface area contributed by atoms with Crippen LogP contribution in [-0.2, 0) is 28.6 Å². The average Bonchev–Trinajstić information content (AvgIpc) is 3.30. The van der Waals surface area contributed by atoms with Crippen molar-refractivity contribution in [1.82, 2.24) is 0 Å². The van der Waals surface area contributed by atoms with E-state index in [1.807, 2.05) is 0 Å². The highest BCUT2D eigenvalue weighted by Gasteiger charge is 2.19. The zero-order valence-electron chi connectivity index (χ0n) is 46.0. The fourth-order valence-electron chi connectivity index (χ4n) is 9.40. The van der Waals surface area contributed by atoms with Crippen molar-refractivity contribution in [3.05, 3.63) is 0 Å². The third-order valence-electron chi connectivity index (χ3n) is 14.0. The van der Waals surface area contributed by atoms with Gasteiger partial charge in [0.25, 0.3) is 0 Å². The standard InChI is InChI=1S/C61H118O6/c1-6-7-8-9-10-11-12-13-14-15-16-17-18-22-25-31-36-41-46-51-59(62)65-54-58(55-66-60(63)52-47-42-37-32-28-27-30-35-40-45-50-57(4)5)67-61(64)53-48-43-38-33-26-23-20-19-21-24-29-34-39-44-49-56(2)3/h56-58H,6-55H2,1-5H3/t58-/m1/s1. The summed E-state index contributed by atoms with van der Waals surface area (Å²) in [6.45, 7) is 11.4. The zero-order chi connectivity index (χ0) is 48.9. The summed E-state index contributed by atoms with van der Waals surface area (Å²) in [7, 11) is 0. The lowest BCUT2D eigenvalue weighted by Crippen LogP contribution is -2.30. The molecular formula is C61H118O6. The normalized spacial score (nSPS) is 12.0. The molecular weight excluding hydrogens is 829 g/mol. The first kappa shape index (κ1) is 65.4. The number of ether oxygens (including phenoxy) is 3. The molecule has 0 N–H and O–H groups in total. The number of carbonyl (C=O) groups excluding carboxylic acids is 3. The first-order valence-electron chi connectivity index (χ1n) is 30.2. The van der Waals surface area contributed by atoms with Gasteiger partial charge in [-0.2, -0.15) is 0 Å². The lowest BCUT2D eigenvalue weighted by molar-refractivity contribution is -0.167. The third-order valence-corrected chi connectivity index (χ3v) is 14.0. The molecule has 0 saturated carbocycles.